The van der Waals surface area contributed by atoms with Gasteiger partial charge in [0.1, 0.15) is 11.5 Å². The summed E-state index contributed by atoms with van der Waals surface area (Å²) in [5.74, 6) is 2.61. The molecule has 1 nitrogen and oxygen atoms in total. The van der Waals surface area contributed by atoms with Crippen LogP contribution in [0.1, 0.15) is 6.92 Å². The fourth-order valence-corrected chi connectivity index (χ4v) is 1.80. The standard InChI is InChI=1S/C5H10NS/c1-2-7-4-3-6-5-7/h5H,2-4H2,1H3/q+1. The van der Waals surface area contributed by atoms with E-state index in [0.717, 1.165) is 6.54 Å². The third-order valence-electron chi connectivity index (χ3n) is 1.08. The van der Waals surface area contributed by atoms with Crippen molar-refractivity contribution in [3.8, 4) is 0 Å². The Morgan fingerprint density at radius 2 is 2.71 bits per heavy atom. The highest BCUT2D eigenvalue weighted by Crippen LogP contribution is 1.98. The van der Waals surface area contributed by atoms with Crippen LogP contribution in [-0.2, 0) is 10.9 Å². The Hall–Kier alpha value is 0.0200. The molecule has 0 fully saturated rings. The highest BCUT2D eigenvalue weighted by Gasteiger charge is 2.15. The zero-order chi connectivity index (χ0) is 5.11. The van der Waals surface area contributed by atoms with E-state index in [2.05, 4.69) is 17.5 Å². The lowest BCUT2D eigenvalue weighted by molar-refractivity contribution is 1.18. The summed E-state index contributed by atoms with van der Waals surface area (Å²) in [5, 5.41) is 0. The average Bonchev–Trinajstić information content (AvgIpc) is 2.14. The number of hydrogen-bond acceptors (Lipinski definition) is 1. The first-order valence-corrected chi connectivity index (χ1v) is 4.22. The summed E-state index contributed by atoms with van der Waals surface area (Å²) < 4.78 is 0. The Morgan fingerprint density at radius 3 is 3.00 bits per heavy atom. The van der Waals surface area contributed by atoms with Gasteiger partial charge in [0.15, 0.2) is 0 Å². The normalized spacial score (nSPS) is 29.0. The Bertz CT molecular complexity index is 80.1. The first kappa shape index (κ1) is 5.16. The van der Waals surface area contributed by atoms with E-state index in [9.17, 15) is 0 Å². The van der Waals surface area contributed by atoms with E-state index in [-0.39, 0.29) is 0 Å². The summed E-state index contributed by atoms with van der Waals surface area (Å²) in [4.78, 5) is 4.12. The molecule has 0 radical (unpaired) electrons. The van der Waals surface area contributed by atoms with Crippen molar-refractivity contribution in [3.05, 3.63) is 0 Å². The minimum atomic E-state index is 0.574. The minimum Gasteiger partial charge on any atom is -0.242 e. The van der Waals surface area contributed by atoms with Crippen molar-refractivity contribution in [2.75, 3.05) is 18.1 Å². The van der Waals surface area contributed by atoms with Gasteiger partial charge < -0.3 is 0 Å². The second-order valence-corrected chi connectivity index (χ2v) is 3.81. The first-order chi connectivity index (χ1) is 3.43. The zero-order valence-corrected chi connectivity index (χ0v) is 5.37. The molecule has 0 N–H and O–H groups in total. The van der Waals surface area contributed by atoms with E-state index >= 15 is 0 Å². The van der Waals surface area contributed by atoms with Crippen molar-refractivity contribution in [3.63, 3.8) is 0 Å². The maximum Gasteiger partial charge on any atom is 0.205 e. The van der Waals surface area contributed by atoms with Crippen LogP contribution < -0.4 is 0 Å². The third-order valence-corrected chi connectivity index (χ3v) is 2.97. The summed E-state index contributed by atoms with van der Waals surface area (Å²) in [7, 11) is 0.574. The maximum absolute atomic E-state index is 4.12. The first-order valence-electron chi connectivity index (χ1n) is 2.59. The van der Waals surface area contributed by atoms with Gasteiger partial charge in [0.25, 0.3) is 0 Å². The topological polar surface area (TPSA) is 12.4 Å². The molecule has 0 amide bonds. The largest absolute Gasteiger partial charge is 0.242 e. The Morgan fingerprint density at radius 1 is 1.86 bits per heavy atom. The van der Waals surface area contributed by atoms with Gasteiger partial charge in [0.2, 0.25) is 5.55 Å². The lowest BCUT2D eigenvalue weighted by Crippen LogP contribution is -2.05. The van der Waals surface area contributed by atoms with Gasteiger partial charge in [-0.05, 0) is 6.92 Å². The molecule has 0 aliphatic carbocycles. The maximum atomic E-state index is 4.12. The van der Waals surface area contributed by atoms with E-state index in [4.69, 9.17) is 0 Å². The van der Waals surface area contributed by atoms with E-state index in [1.54, 1.807) is 0 Å². The minimum absolute atomic E-state index is 0.574. The van der Waals surface area contributed by atoms with Crippen LogP contribution in [0.5, 0.6) is 0 Å². The van der Waals surface area contributed by atoms with Crippen molar-refractivity contribution >= 4 is 16.4 Å². The van der Waals surface area contributed by atoms with Crippen molar-refractivity contribution in [1.82, 2.24) is 0 Å². The fourth-order valence-electron chi connectivity index (χ4n) is 0.600. The van der Waals surface area contributed by atoms with Crippen LogP contribution in [0.4, 0.5) is 0 Å². The summed E-state index contributed by atoms with van der Waals surface area (Å²) in [5.41, 5.74) is 2.11. The SMILES string of the molecule is CC[S+]1C=NCC1. The number of nitrogens with zero attached hydrogens (tertiary/aromatic N) is 1. The van der Waals surface area contributed by atoms with Crippen LogP contribution in [-0.4, -0.2) is 23.6 Å². The predicted molar refractivity (Wildman–Crippen MR) is 36.1 cm³/mol. The van der Waals surface area contributed by atoms with Crippen molar-refractivity contribution in [1.29, 1.82) is 0 Å². The molecule has 7 heavy (non-hydrogen) atoms. The smallest absolute Gasteiger partial charge is 0.205 e. The summed E-state index contributed by atoms with van der Waals surface area (Å²) in [6.45, 7) is 3.30. The van der Waals surface area contributed by atoms with Crippen LogP contribution in [0.2, 0.25) is 0 Å². The van der Waals surface area contributed by atoms with Crippen molar-refractivity contribution in [2.45, 2.75) is 6.92 Å². The van der Waals surface area contributed by atoms with Crippen LogP contribution in [0.25, 0.3) is 0 Å². The van der Waals surface area contributed by atoms with E-state index in [1.807, 2.05) is 0 Å². The van der Waals surface area contributed by atoms with Gasteiger partial charge in [-0.2, -0.15) is 0 Å². The lowest BCUT2D eigenvalue weighted by Gasteiger charge is -1.84. The molecule has 0 aromatic carbocycles. The van der Waals surface area contributed by atoms with Gasteiger partial charge in [-0.15, -0.1) is 0 Å². The second-order valence-electron chi connectivity index (χ2n) is 1.54. The molecule has 40 valence electrons. The molecule has 0 saturated heterocycles. The average molecular weight is 116 g/mol. The molecule has 1 aliphatic rings. The molecule has 1 rings (SSSR count). The van der Waals surface area contributed by atoms with E-state index in [1.165, 1.54) is 11.5 Å². The van der Waals surface area contributed by atoms with Crippen LogP contribution in [0.3, 0.4) is 0 Å². The highest BCUT2D eigenvalue weighted by molar-refractivity contribution is 8.09. The number of rotatable bonds is 1. The highest BCUT2D eigenvalue weighted by atomic mass is 32.2. The molecule has 2 heteroatoms. The molecule has 1 atom stereocenters. The molecule has 0 spiro atoms. The van der Waals surface area contributed by atoms with Crippen LogP contribution >= 0.6 is 0 Å². The van der Waals surface area contributed by atoms with Gasteiger partial charge in [0, 0.05) is 10.9 Å². The molecule has 0 aromatic rings. The van der Waals surface area contributed by atoms with Crippen LogP contribution in [0.15, 0.2) is 4.99 Å². The lowest BCUT2D eigenvalue weighted by atomic mass is 10.8. The summed E-state index contributed by atoms with van der Waals surface area (Å²) in [6, 6.07) is 0. The van der Waals surface area contributed by atoms with Crippen molar-refractivity contribution in [2.24, 2.45) is 4.99 Å². The summed E-state index contributed by atoms with van der Waals surface area (Å²) >= 11 is 0. The quantitative estimate of drug-likeness (QED) is 0.446. The molecule has 1 unspecified atom stereocenters. The van der Waals surface area contributed by atoms with E-state index < -0.39 is 0 Å². The zero-order valence-electron chi connectivity index (χ0n) is 4.55. The Balaban J connectivity index is 2.28. The van der Waals surface area contributed by atoms with Gasteiger partial charge in [-0.25, -0.2) is 4.99 Å². The molecule has 0 saturated carbocycles. The van der Waals surface area contributed by atoms with Crippen LogP contribution in [0, 0.1) is 0 Å². The number of hydrogen-bond donors (Lipinski definition) is 0. The van der Waals surface area contributed by atoms with Gasteiger partial charge in [0.05, 0.1) is 6.54 Å². The Labute approximate surface area is 47.2 Å². The van der Waals surface area contributed by atoms with Gasteiger partial charge in [-0.3, -0.25) is 0 Å². The summed E-state index contributed by atoms with van der Waals surface area (Å²) in [6.07, 6.45) is 0. The molecular weight excluding hydrogens is 106 g/mol. The molecular formula is C5H10NS+. The molecule has 0 aromatic heterocycles. The fraction of sp³-hybridized carbons (Fsp3) is 0.800. The molecule has 0 bridgehead atoms. The molecule has 1 aliphatic heterocycles. The second kappa shape index (κ2) is 2.36. The predicted octanol–water partition coefficient (Wildman–Crippen LogP) is 0.667. The molecule has 1 heterocycles. The monoisotopic (exact) mass is 116 g/mol. The Kier molecular flexibility index (Phi) is 1.74. The van der Waals surface area contributed by atoms with E-state index in [0.29, 0.717) is 10.9 Å². The van der Waals surface area contributed by atoms with Crippen molar-refractivity contribution < 1.29 is 0 Å². The van der Waals surface area contributed by atoms with Gasteiger partial charge in [-0.1, -0.05) is 0 Å². The van der Waals surface area contributed by atoms with Gasteiger partial charge >= 0.3 is 0 Å². The third kappa shape index (κ3) is 1.20. The number of aliphatic imine (C=N–C) groups is 1.